The first kappa shape index (κ1) is 22.0. The maximum absolute atomic E-state index is 12.8. The number of amides is 2. The number of likely N-dealkylation sites (N-methyl/N-ethyl adjacent to an activating group) is 1. The molecule has 3 heterocycles. The summed E-state index contributed by atoms with van der Waals surface area (Å²) in [6, 6.07) is 13.7. The van der Waals surface area contributed by atoms with Crippen LogP contribution in [0.5, 0.6) is 0 Å². The fraction of sp³-hybridized carbons (Fsp3) is 0.440. The molecule has 3 aromatic rings. The summed E-state index contributed by atoms with van der Waals surface area (Å²) in [4.78, 5) is 33.5. The second-order valence-electron chi connectivity index (χ2n) is 8.66. The summed E-state index contributed by atoms with van der Waals surface area (Å²) in [5.41, 5.74) is 1.90. The number of fused-ring (bicyclic) bond motifs is 1. The Labute approximate surface area is 189 Å². The summed E-state index contributed by atoms with van der Waals surface area (Å²) < 4.78 is 1.73. The third kappa shape index (κ3) is 5.72. The van der Waals surface area contributed by atoms with Crippen LogP contribution >= 0.6 is 0 Å². The number of carbonyl (C=O) groups is 2. The predicted octanol–water partition coefficient (Wildman–Crippen LogP) is 3.15. The standard InChI is InChI=1S/C25H31N5O2/c1-28(16-13-22-9-4-5-14-26-22)24(31)12-11-20-7-6-15-29(17-20)25(32)19-30-18-21-8-2-3-10-23(21)27-30/h2-5,8-10,14,18,20H,6-7,11-13,15-17,19H2,1H3/t20-/m1/s1. The van der Waals surface area contributed by atoms with Crippen molar-refractivity contribution in [2.45, 2.75) is 38.6 Å². The molecule has 4 rings (SSSR count). The second kappa shape index (κ2) is 10.4. The molecule has 1 fully saturated rings. The molecule has 2 amide bonds. The molecule has 1 aromatic carbocycles. The van der Waals surface area contributed by atoms with Crippen LogP contribution in [-0.4, -0.2) is 63.1 Å². The van der Waals surface area contributed by atoms with Crippen molar-refractivity contribution in [2.75, 3.05) is 26.7 Å². The molecule has 7 nitrogen and oxygen atoms in total. The largest absolute Gasteiger partial charge is 0.345 e. The molecule has 1 aliphatic rings. The van der Waals surface area contributed by atoms with E-state index in [1.807, 2.05) is 60.6 Å². The van der Waals surface area contributed by atoms with Crippen LogP contribution in [-0.2, 0) is 22.6 Å². The van der Waals surface area contributed by atoms with Crippen molar-refractivity contribution >= 4 is 22.7 Å². The number of aromatic nitrogens is 3. The lowest BCUT2D eigenvalue weighted by Gasteiger charge is -2.33. The molecule has 0 aliphatic carbocycles. The average Bonchev–Trinajstić information content (AvgIpc) is 3.24. The number of rotatable bonds is 8. The molecule has 1 aliphatic heterocycles. The van der Waals surface area contributed by atoms with Crippen molar-refractivity contribution in [3.63, 3.8) is 0 Å². The highest BCUT2D eigenvalue weighted by molar-refractivity contribution is 5.80. The van der Waals surface area contributed by atoms with Gasteiger partial charge in [-0.25, -0.2) is 0 Å². The highest BCUT2D eigenvalue weighted by atomic mass is 16.2. The Bertz CT molecular complexity index is 1020. The van der Waals surface area contributed by atoms with E-state index in [9.17, 15) is 9.59 Å². The number of likely N-dealkylation sites (tertiary alicyclic amines) is 1. The van der Waals surface area contributed by atoms with E-state index in [0.717, 1.165) is 55.4 Å². The predicted molar refractivity (Wildman–Crippen MR) is 124 cm³/mol. The minimum atomic E-state index is 0.0984. The number of pyridine rings is 1. The third-order valence-corrected chi connectivity index (χ3v) is 6.25. The highest BCUT2D eigenvalue weighted by Gasteiger charge is 2.25. The molecule has 0 unspecified atom stereocenters. The molecule has 32 heavy (non-hydrogen) atoms. The number of nitrogens with zero attached hydrogens (tertiary/aromatic N) is 5. The van der Waals surface area contributed by atoms with Crippen molar-refractivity contribution in [3.8, 4) is 0 Å². The van der Waals surface area contributed by atoms with E-state index in [1.165, 1.54) is 0 Å². The Morgan fingerprint density at radius 3 is 2.81 bits per heavy atom. The van der Waals surface area contributed by atoms with Crippen LogP contribution in [0.1, 0.15) is 31.4 Å². The SMILES string of the molecule is CN(CCc1ccccn1)C(=O)CC[C@H]1CCCN(C(=O)Cn2cc3ccccc3n2)C1. The van der Waals surface area contributed by atoms with Gasteiger partial charge in [-0.1, -0.05) is 24.3 Å². The zero-order valence-electron chi connectivity index (χ0n) is 18.7. The third-order valence-electron chi connectivity index (χ3n) is 6.25. The number of hydrogen-bond acceptors (Lipinski definition) is 4. The second-order valence-corrected chi connectivity index (χ2v) is 8.66. The topological polar surface area (TPSA) is 71.3 Å². The fourth-order valence-electron chi connectivity index (χ4n) is 4.33. The number of hydrogen-bond donors (Lipinski definition) is 0. The van der Waals surface area contributed by atoms with Crippen LogP contribution in [0.25, 0.3) is 10.9 Å². The van der Waals surface area contributed by atoms with E-state index in [4.69, 9.17) is 0 Å². The Balaban J connectivity index is 1.22. The molecule has 7 heteroatoms. The molecular weight excluding hydrogens is 402 g/mol. The van der Waals surface area contributed by atoms with Crippen molar-refractivity contribution < 1.29 is 9.59 Å². The van der Waals surface area contributed by atoms with Gasteiger partial charge in [-0.05, 0) is 43.4 Å². The zero-order valence-corrected chi connectivity index (χ0v) is 18.7. The van der Waals surface area contributed by atoms with Gasteiger partial charge in [0.05, 0.1) is 5.52 Å². The molecule has 1 saturated heterocycles. The van der Waals surface area contributed by atoms with Gasteiger partial charge < -0.3 is 9.80 Å². The summed E-state index contributed by atoms with van der Waals surface area (Å²) in [6.07, 6.45) is 7.87. The van der Waals surface area contributed by atoms with Crippen molar-refractivity contribution in [3.05, 3.63) is 60.6 Å². The van der Waals surface area contributed by atoms with Gasteiger partial charge in [0.1, 0.15) is 6.54 Å². The Kier molecular flexibility index (Phi) is 7.14. The van der Waals surface area contributed by atoms with Gasteiger partial charge >= 0.3 is 0 Å². The van der Waals surface area contributed by atoms with Crippen LogP contribution in [0.3, 0.4) is 0 Å². The first-order valence-electron chi connectivity index (χ1n) is 11.4. The number of benzene rings is 1. The summed E-state index contributed by atoms with van der Waals surface area (Å²) >= 11 is 0. The number of piperidine rings is 1. The van der Waals surface area contributed by atoms with Crippen LogP contribution in [0.15, 0.2) is 54.9 Å². The van der Waals surface area contributed by atoms with Crippen molar-refractivity contribution in [2.24, 2.45) is 5.92 Å². The van der Waals surface area contributed by atoms with E-state index in [2.05, 4.69) is 10.1 Å². The molecule has 0 radical (unpaired) electrons. The first-order valence-corrected chi connectivity index (χ1v) is 11.4. The van der Waals surface area contributed by atoms with Crippen molar-refractivity contribution in [1.82, 2.24) is 24.6 Å². The lowest BCUT2D eigenvalue weighted by molar-refractivity contribution is -0.134. The molecule has 0 spiro atoms. The maximum Gasteiger partial charge on any atom is 0.244 e. The average molecular weight is 434 g/mol. The number of carbonyl (C=O) groups excluding carboxylic acids is 2. The lowest BCUT2D eigenvalue weighted by atomic mass is 9.93. The molecule has 168 valence electrons. The zero-order chi connectivity index (χ0) is 22.3. The van der Waals surface area contributed by atoms with Gasteiger partial charge in [-0.15, -0.1) is 0 Å². The molecule has 0 N–H and O–H groups in total. The van der Waals surface area contributed by atoms with Gasteiger partial charge in [-0.3, -0.25) is 19.3 Å². The minimum Gasteiger partial charge on any atom is -0.345 e. The lowest BCUT2D eigenvalue weighted by Crippen LogP contribution is -2.42. The van der Waals surface area contributed by atoms with Gasteiger partial charge in [0.15, 0.2) is 0 Å². The summed E-state index contributed by atoms with van der Waals surface area (Å²) in [5, 5.41) is 5.54. The Morgan fingerprint density at radius 1 is 1.16 bits per heavy atom. The minimum absolute atomic E-state index is 0.0984. The van der Waals surface area contributed by atoms with E-state index in [0.29, 0.717) is 18.9 Å². The summed E-state index contributed by atoms with van der Waals surface area (Å²) in [5.74, 6) is 0.631. The van der Waals surface area contributed by atoms with Gasteiger partial charge in [0.2, 0.25) is 11.8 Å². The molecule has 1 atom stereocenters. The smallest absolute Gasteiger partial charge is 0.244 e. The Morgan fingerprint density at radius 2 is 2.00 bits per heavy atom. The van der Waals surface area contributed by atoms with E-state index < -0.39 is 0 Å². The summed E-state index contributed by atoms with van der Waals surface area (Å²) in [7, 11) is 1.86. The molecular formula is C25H31N5O2. The van der Waals surface area contributed by atoms with E-state index >= 15 is 0 Å². The van der Waals surface area contributed by atoms with Crippen LogP contribution in [0.4, 0.5) is 0 Å². The van der Waals surface area contributed by atoms with Crippen LogP contribution in [0.2, 0.25) is 0 Å². The van der Waals surface area contributed by atoms with E-state index in [1.54, 1.807) is 15.8 Å². The van der Waals surface area contributed by atoms with Crippen LogP contribution < -0.4 is 0 Å². The normalized spacial score (nSPS) is 16.3. The van der Waals surface area contributed by atoms with Gasteiger partial charge in [0.25, 0.3) is 0 Å². The Hall–Kier alpha value is -3.22. The monoisotopic (exact) mass is 433 g/mol. The highest BCUT2D eigenvalue weighted by Crippen LogP contribution is 2.22. The maximum atomic E-state index is 12.8. The van der Waals surface area contributed by atoms with Gasteiger partial charge in [-0.2, -0.15) is 5.10 Å². The van der Waals surface area contributed by atoms with Crippen LogP contribution in [0, 0.1) is 5.92 Å². The molecule has 0 bridgehead atoms. The molecule has 2 aromatic heterocycles. The summed E-state index contributed by atoms with van der Waals surface area (Å²) in [6.45, 7) is 2.44. The fourth-order valence-corrected chi connectivity index (χ4v) is 4.33. The van der Waals surface area contributed by atoms with Crippen molar-refractivity contribution in [1.29, 1.82) is 0 Å². The van der Waals surface area contributed by atoms with Gasteiger partial charge in [0, 0.05) is 63.0 Å². The molecule has 0 saturated carbocycles. The van der Waals surface area contributed by atoms with E-state index in [-0.39, 0.29) is 18.4 Å². The quantitative estimate of drug-likeness (QED) is 0.547. The first-order chi connectivity index (χ1) is 15.6.